The van der Waals surface area contributed by atoms with Crippen molar-refractivity contribution in [2.24, 2.45) is 0 Å². The maximum atomic E-state index is 12.7. The first-order valence-electron chi connectivity index (χ1n) is 9.63. The first-order valence-corrected chi connectivity index (χ1v) is 9.63. The van der Waals surface area contributed by atoms with E-state index in [1.54, 1.807) is 25.0 Å². The van der Waals surface area contributed by atoms with Crippen LogP contribution < -0.4 is 16.0 Å². The van der Waals surface area contributed by atoms with Crippen molar-refractivity contribution in [2.45, 2.75) is 44.8 Å². The second kappa shape index (κ2) is 8.18. The molecule has 2 aliphatic heterocycles. The zero-order chi connectivity index (χ0) is 20.3. The molecule has 152 valence electrons. The van der Waals surface area contributed by atoms with E-state index in [9.17, 15) is 14.4 Å². The van der Waals surface area contributed by atoms with E-state index in [0.29, 0.717) is 38.1 Å². The number of carbonyl (C=O) groups is 3. The van der Waals surface area contributed by atoms with Crippen molar-refractivity contribution in [1.29, 1.82) is 0 Å². The number of nitrogens with zero attached hydrogens (tertiary/aromatic N) is 1. The zero-order valence-electron chi connectivity index (χ0n) is 16.6. The molecule has 1 aromatic carbocycles. The molecule has 3 rings (SSSR count). The van der Waals surface area contributed by atoms with E-state index < -0.39 is 11.7 Å². The molecule has 2 atom stereocenters. The van der Waals surface area contributed by atoms with Crippen LogP contribution in [0.2, 0.25) is 0 Å². The molecule has 3 amide bonds. The van der Waals surface area contributed by atoms with Gasteiger partial charge in [0, 0.05) is 38.7 Å². The second-order valence-corrected chi connectivity index (χ2v) is 7.51. The molecule has 2 heterocycles. The molecule has 0 aromatic heterocycles. The normalized spacial score (nSPS) is 22.8. The number of methoxy groups -OCH3 is 1. The fourth-order valence-corrected chi connectivity index (χ4v) is 3.78. The van der Waals surface area contributed by atoms with Crippen molar-refractivity contribution < 1.29 is 19.1 Å². The number of ether oxygens (including phenoxy) is 1. The van der Waals surface area contributed by atoms with Crippen LogP contribution in [0.5, 0.6) is 0 Å². The van der Waals surface area contributed by atoms with Crippen LogP contribution in [0.25, 0.3) is 0 Å². The maximum absolute atomic E-state index is 12.7. The molecular formula is C20H28N4O4. The van der Waals surface area contributed by atoms with Gasteiger partial charge in [0.1, 0.15) is 11.7 Å². The predicted octanol–water partition coefficient (Wildman–Crippen LogP) is 1.01. The van der Waals surface area contributed by atoms with Crippen molar-refractivity contribution >= 4 is 23.4 Å². The average molecular weight is 388 g/mol. The number of rotatable bonds is 5. The Morgan fingerprint density at radius 3 is 2.86 bits per heavy atom. The van der Waals surface area contributed by atoms with Gasteiger partial charge in [0.15, 0.2) is 0 Å². The number of aryl methyl sites for hydroxylation is 1. The van der Waals surface area contributed by atoms with Crippen molar-refractivity contribution in [3.8, 4) is 0 Å². The molecule has 8 nitrogen and oxygen atoms in total. The number of hydrogen-bond acceptors (Lipinski definition) is 5. The van der Waals surface area contributed by atoms with Gasteiger partial charge in [0.2, 0.25) is 11.8 Å². The standard InChI is InChI=1S/C20H28N4O4/c1-13-4-5-15-16(12-13)22-20(23-19(15)27)7-6-17(25)24(10-8-20)14(2)18(26)21-9-11-28-3/h4-5,12,14,22H,6-11H2,1-3H3,(H,21,26)(H,23,27)/t14-,20-/m0/s1. The minimum Gasteiger partial charge on any atom is -0.383 e. The largest absolute Gasteiger partial charge is 0.383 e. The third kappa shape index (κ3) is 4.11. The second-order valence-electron chi connectivity index (χ2n) is 7.51. The van der Waals surface area contributed by atoms with E-state index in [1.807, 2.05) is 19.1 Å². The maximum Gasteiger partial charge on any atom is 0.255 e. The summed E-state index contributed by atoms with van der Waals surface area (Å²) in [6.07, 6.45) is 1.25. The number of carbonyl (C=O) groups excluding carboxylic acids is 3. The number of amides is 3. The van der Waals surface area contributed by atoms with E-state index in [4.69, 9.17) is 4.74 Å². The molecule has 0 unspecified atom stereocenters. The van der Waals surface area contributed by atoms with Gasteiger partial charge in [0.05, 0.1) is 12.2 Å². The van der Waals surface area contributed by atoms with Crippen LogP contribution in [0.1, 0.15) is 42.1 Å². The summed E-state index contributed by atoms with van der Waals surface area (Å²) in [4.78, 5) is 39.2. The molecule has 28 heavy (non-hydrogen) atoms. The molecule has 8 heteroatoms. The van der Waals surface area contributed by atoms with Crippen molar-refractivity contribution in [1.82, 2.24) is 15.5 Å². The first kappa shape index (κ1) is 20.1. The lowest BCUT2D eigenvalue weighted by atomic mass is 9.94. The molecule has 2 aliphatic rings. The number of fused-ring (bicyclic) bond motifs is 1. The van der Waals surface area contributed by atoms with E-state index in [0.717, 1.165) is 11.3 Å². The SMILES string of the molecule is COCCNC(=O)[C@H](C)N1CC[C@]2(CCC1=O)NC(=O)c1ccc(C)cc1N2. The van der Waals surface area contributed by atoms with E-state index in [2.05, 4.69) is 16.0 Å². The molecule has 0 saturated carbocycles. The Morgan fingerprint density at radius 2 is 2.11 bits per heavy atom. The van der Waals surface area contributed by atoms with Gasteiger partial charge in [0.25, 0.3) is 5.91 Å². The van der Waals surface area contributed by atoms with Gasteiger partial charge < -0.3 is 25.6 Å². The smallest absolute Gasteiger partial charge is 0.255 e. The third-order valence-corrected chi connectivity index (χ3v) is 5.46. The van der Waals surface area contributed by atoms with Gasteiger partial charge in [-0.3, -0.25) is 14.4 Å². The van der Waals surface area contributed by atoms with E-state index in [1.165, 1.54) is 0 Å². The fourth-order valence-electron chi connectivity index (χ4n) is 3.78. The van der Waals surface area contributed by atoms with Gasteiger partial charge in [-0.05, 0) is 38.0 Å². The van der Waals surface area contributed by atoms with Crippen LogP contribution >= 0.6 is 0 Å². The van der Waals surface area contributed by atoms with Crippen molar-refractivity contribution in [3.05, 3.63) is 29.3 Å². The summed E-state index contributed by atoms with van der Waals surface area (Å²) in [7, 11) is 1.57. The Labute approximate surface area is 165 Å². The van der Waals surface area contributed by atoms with E-state index in [-0.39, 0.29) is 24.1 Å². The highest BCUT2D eigenvalue weighted by Crippen LogP contribution is 2.32. The molecule has 0 radical (unpaired) electrons. The predicted molar refractivity (Wildman–Crippen MR) is 105 cm³/mol. The van der Waals surface area contributed by atoms with Gasteiger partial charge >= 0.3 is 0 Å². The first-order chi connectivity index (χ1) is 13.3. The monoisotopic (exact) mass is 388 g/mol. The Balaban J connectivity index is 1.72. The molecule has 1 saturated heterocycles. The van der Waals surface area contributed by atoms with Crippen LogP contribution in [-0.4, -0.2) is 61.1 Å². The highest BCUT2D eigenvalue weighted by molar-refractivity contribution is 6.02. The van der Waals surface area contributed by atoms with Crippen LogP contribution in [0.15, 0.2) is 18.2 Å². The lowest BCUT2D eigenvalue weighted by molar-refractivity contribution is -0.139. The minimum absolute atomic E-state index is 0.0858. The van der Waals surface area contributed by atoms with Crippen LogP contribution in [0.4, 0.5) is 5.69 Å². The number of likely N-dealkylation sites (tertiary alicyclic amines) is 1. The van der Waals surface area contributed by atoms with Crippen LogP contribution in [0.3, 0.4) is 0 Å². The molecular weight excluding hydrogens is 360 g/mol. The summed E-state index contributed by atoms with van der Waals surface area (Å²) < 4.78 is 4.94. The van der Waals surface area contributed by atoms with Crippen LogP contribution in [0, 0.1) is 6.92 Å². The fraction of sp³-hybridized carbons (Fsp3) is 0.550. The molecule has 3 N–H and O–H groups in total. The number of benzene rings is 1. The van der Waals surface area contributed by atoms with Gasteiger partial charge in [-0.2, -0.15) is 0 Å². The summed E-state index contributed by atoms with van der Waals surface area (Å²) >= 11 is 0. The minimum atomic E-state index is -0.686. The summed E-state index contributed by atoms with van der Waals surface area (Å²) in [5.41, 5.74) is 1.77. The molecule has 0 aliphatic carbocycles. The number of hydrogen-bond donors (Lipinski definition) is 3. The number of nitrogens with one attached hydrogen (secondary N) is 3. The summed E-state index contributed by atoms with van der Waals surface area (Å²) in [6.45, 7) is 4.91. The summed E-state index contributed by atoms with van der Waals surface area (Å²) in [6, 6.07) is 5.08. The van der Waals surface area contributed by atoms with Crippen molar-refractivity contribution in [2.75, 3.05) is 32.1 Å². The molecule has 1 aromatic rings. The zero-order valence-corrected chi connectivity index (χ0v) is 16.6. The average Bonchev–Trinajstić information content (AvgIpc) is 2.80. The number of anilines is 1. The quantitative estimate of drug-likeness (QED) is 0.654. The lowest BCUT2D eigenvalue weighted by Gasteiger charge is -2.40. The Bertz CT molecular complexity index is 781. The van der Waals surface area contributed by atoms with Gasteiger partial charge in [-0.15, -0.1) is 0 Å². The summed E-state index contributed by atoms with van der Waals surface area (Å²) in [5.74, 6) is -0.430. The lowest BCUT2D eigenvalue weighted by Crippen LogP contribution is -2.58. The van der Waals surface area contributed by atoms with Gasteiger partial charge in [-0.1, -0.05) is 6.07 Å². The molecule has 0 bridgehead atoms. The Hall–Kier alpha value is -2.61. The Morgan fingerprint density at radius 1 is 1.32 bits per heavy atom. The molecule has 1 fully saturated rings. The molecule has 1 spiro atoms. The topological polar surface area (TPSA) is 99.8 Å². The Kier molecular flexibility index (Phi) is 5.88. The summed E-state index contributed by atoms with van der Waals surface area (Å²) in [5, 5.41) is 9.28. The highest BCUT2D eigenvalue weighted by Gasteiger charge is 2.41. The highest BCUT2D eigenvalue weighted by atomic mass is 16.5. The van der Waals surface area contributed by atoms with Crippen LogP contribution in [-0.2, 0) is 14.3 Å². The van der Waals surface area contributed by atoms with E-state index >= 15 is 0 Å². The van der Waals surface area contributed by atoms with Crippen molar-refractivity contribution in [3.63, 3.8) is 0 Å². The van der Waals surface area contributed by atoms with Gasteiger partial charge in [-0.25, -0.2) is 0 Å². The third-order valence-electron chi connectivity index (χ3n) is 5.46.